The van der Waals surface area contributed by atoms with Crippen LogP contribution in [0.1, 0.15) is 41.6 Å². The number of carbonyl (C=O) groups is 1. The van der Waals surface area contributed by atoms with E-state index in [1.165, 1.54) is 25.3 Å². The molecular weight excluding hydrogens is 314 g/mol. The fourth-order valence-electron chi connectivity index (χ4n) is 2.25. The van der Waals surface area contributed by atoms with Gasteiger partial charge < -0.3 is 4.74 Å². The first kappa shape index (κ1) is 16.3. The van der Waals surface area contributed by atoms with Crippen LogP contribution in [0.15, 0.2) is 17.0 Å². The quantitative estimate of drug-likeness (QED) is 0.840. The van der Waals surface area contributed by atoms with Crippen LogP contribution < -0.4 is 5.14 Å². The summed E-state index contributed by atoms with van der Waals surface area (Å²) >= 11 is 5.92. The van der Waals surface area contributed by atoms with Crippen LogP contribution in [0.25, 0.3) is 0 Å². The Bertz CT molecular complexity index is 653. The highest BCUT2D eigenvalue weighted by Gasteiger charge is 2.21. The number of hydrogen-bond acceptors (Lipinski definition) is 4. The van der Waals surface area contributed by atoms with E-state index in [2.05, 4.69) is 0 Å². The van der Waals surface area contributed by atoms with Crippen LogP contribution in [0, 0.1) is 12.8 Å². The van der Waals surface area contributed by atoms with E-state index in [1.54, 1.807) is 6.92 Å². The Hall–Kier alpha value is -1.11. The highest BCUT2D eigenvalue weighted by molar-refractivity contribution is 7.89. The van der Waals surface area contributed by atoms with Gasteiger partial charge in [0.2, 0.25) is 10.0 Å². The highest BCUT2D eigenvalue weighted by Crippen LogP contribution is 2.29. The van der Waals surface area contributed by atoms with Crippen LogP contribution in [0.4, 0.5) is 0 Å². The molecular formula is C14H18ClNO4S. The van der Waals surface area contributed by atoms with Gasteiger partial charge in [-0.3, -0.25) is 0 Å². The van der Waals surface area contributed by atoms with Gasteiger partial charge in [0.15, 0.2) is 0 Å². The van der Waals surface area contributed by atoms with Crippen molar-refractivity contribution in [2.75, 3.05) is 6.61 Å². The number of halogens is 1. The average Bonchev–Trinajstić information content (AvgIpc) is 2.33. The topological polar surface area (TPSA) is 86.5 Å². The predicted molar refractivity (Wildman–Crippen MR) is 79.8 cm³/mol. The van der Waals surface area contributed by atoms with Gasteiger partial charge >= 0.3 is 5.97 Å². The van der Waals surface area contributed by atoms with Gasteiger partial charge in [-0.05, 0) is 37.0 Å². The third kappa shape index (κ3) is 3.96. The van der Waals surface area contributed by atoms with Crippen LogP contribution in [-0.2, 0) is 14.8 Å². The zero-order valence-electron chi connectivity index (χ0n) is 11.8. The van der Waals surface area contributed by atoms with Crippen LogP contribution in [0.2, 0.25) is 5.02 Å². The largest absolute Gasteiger partial charge is 0.462 e. The normalized spacial score (nSPS) is 15.6. The molecule has 0 aliphatic heterocycles. The maximum Gasteiger partial charge on any atom is 0.338 e. The van der Waals surface area contributed by atoms with Gasteiger partial charge in [0.1, 0.15) is 4.90 Å². The Morgan fingerprint density at radius 3 is 2.62 bits per heavy atom. The Morgan fingerprint density at radius 1 is 1.43 bits per heavy atom. The molecule has 1 aromatic carbocycles. The van der Waals surface area contributed by atoms with E-state index in [0.717, 1.165) is 12.5 Å². The second-order valence-corrected chi connectivity index (χ2v) is 7.28. The first-order valence-electron chi connectivity index (χ1n) is 6.79. The van der Waals surface area contributed by atoms with Crippen LogP contribution in [0.5, 0.6) is 0 Å². The standard InChI is InChI=1S/C14H18ClNO4S/c1-9-7-11(8-12(13(9)15)21(16,18)19)14(17)20-6-5-10-3-2-4-10/h7-8,10H,2-6H2,1H3,(H2,16,18,19). The van der Waals surface area contributed by atoms with E-state index in [1.807, 2.05) is 0 Å². The first-order valence-corrected chi connectivity index (χ1v) is 8.71. The Labute approximate surface area is 129 Å². The molecule has 7 heteroatoms. The van der Waals surface area contributed by atoms with Crippen molar-refractivity contribution in [1.82, 2.24) is 0 Å². The molecule has 0 amide bonds. The van der Waals surface area contributed by atoms with E-state index in [4.69, 9.17) is 21.5 Å². The molecule has 0 aromatic heterocycles. The zero-order valence-corrected chi connectivity index (χ0v) is 13.3. The van der Waals surface area contributed by atoms with Gasteiger partial charge in [-0.15, -0.1) is 0 Å². The number of carbonyl (C=O) groups excluding carboxylic acids is 1. The van der Waals surface area contributed by atoms with Gasteiger partial charge in [0.05, 0.1) is 17.2 Å². The van der Waals surface area contributed by atoms with Gasteiger partial charge in [0, 0.05) is 0 Å². The molecule has 0 unspecified atom stereocenters. The minimum Gasteiger partial charge on any atom is -0.462 e. The fourth-order valence-corrected chi connectivity index (χ4v) is 3.38. The van der Waals surface area contributed by atoms with E-state index in [9.17, 15) is 13.2 Å². The number of benzene rings is 1. The molecule has 1 aliphatic rings. The second-order valence-electron chi connectivity index (χ2n) is 5.37. The Balaban J connectivity index is 2.11. The molecule has 1 aliphatic carbocycles. The number of sulfonamides is 1. The van der Waals surface area contributed by atoms with Crippen molar-refractivity contribution in [2.24, 2.45) is 11.1 Å². The van der Waals surface area contributed by atoms with Crippen LogP contribution in [-0.4, -0.2) is 21.0 Å². The van der Waals surface area contributed by atoms with E-state index >= 15 is 0 Å². The highest BCUT2D eigenvalue weighted by atomic mass is 35.5. The Kier molecular flexibility index (Phi) is 4.91. The molecule has 2 rings (SSSR count). The Morgan fingerprint density at radius 2 is 2.10 bits per heavy atom. The van der Waals surface area contributed by atoms with E-state index in [0.29, 0.717) is 18.1 Å². The molecule has 0 radical (unpaired) electrons. The lowest BCUT2D eigenvalue weighted by molar-refractivity contribution is 0.0464. The lowest BCUT2D eigenvalue weighted by Gasteiger charge is -2.24. The zero-order chi connectivity index (χ0) is 15.6. The smallest absolute Gasteiger partial charge is 0.338 e. The summed E-state index contributed by atoms with van der Waals surface area (Å²) in [5.74, 6) is 0.0868. The summed E-state index contributed by atoms with van der Waals surface area (Å²) < 4.78 is 28.1. The number of aryl methyl sites for hydroxylation is 1. The maximum atomic E-state index is 12.0. The fraction of sp³-hybridized carbons (Fsp3) is 0.500. The van der Waals surface area contributed by atoms with Crippen molar-refractivity contribution in [3.8, 4) is 0 Å². The number of nitrogens with two attached hydrogens (primary N) is 1. The molecule has 2 N–H and O–H groups in total. The molecule has 0 atom stereocenters. The minimum absolute atomic E-state index is 0.0310. The summed E-state index contributed by atoms with van der Waals surface area (Å²) in [5, 5.41) is 5.13. The number of primary sulfonamides is 1. The van der Waals surface area contributed by atoms with E-state index in [-0.39, 0.29) is 15.5 Å². The van der Waals surface area contributed by atoms with Crippen molar-refractivity contribution in [3.05, 3.63) is 28.3 Å². The van der Waals surface area contributed by atoms with Crippen molar-refractivity contribution in [2.45, 2.75) is 37.5 Å². The molecule has 1 aromatic rings. The SMILES string of the molecule is Cc1cc(C(=O)OCCC2CCC2)cc(S(N)(=O)=O)c1Cl. The first-order chi connectivity index (χ1) is 9.79. The number of hydrogen-bond donors (Lipinski definition) is 1. The molecule has 116 valence electrons. The molecule has 1 fully saturated rings. The summed E-state index contributed by atoms with van der Waals surface area (Å²) in [5.41, 5.74) is 0.615. The van der Waals surface area contributed by atoms with Crippen molar-refractivity contribution >= 4 is 27.6 Å². The molecule has 0 bridgehead atoms. The molecule has 0 spiro atoms. The van der Waals surface area contributed by atoms with E-state index < -0.39 is 16.0 Å². The minimum atomic E-state index is -3.98. The average molecular weight is 332 g/mol. The van der Waals surface area contributed by atoms with Gasteiger partial charge in [-0.2, -0.15) is 0 Å². The van der Waals surface area contributed by atoms with Crippen LogP contribution >= 0.6 is 11.6 Å². The summed E-state index contributed by atoms with van der Waals surface area (Å²) in [6.07, 6.45) is 4.47. The summed E-state index contributed by atoms with van der Waals surface area (Å²) in [7, 11) is -3.98. The summed E-state index contributed by atoms with van der Waals surface area (Å²) in [6, 6.07) is 2.67. The van der Waals surface area contributed by atoms with Gasteiger partial charge in [0.25, 0.3) is 0 Å². The molecule has 21 heavy (non-hydrogen) atoms. The third-order valence-corrected chi connectivity index (χ3v) is 5.30. The lowest BCUT2D eigenvalue weighted by atomic mass is 9.83. The predicted octanol–water partition coefficient (Wildman–Crippen LogP) is 2.64. The molecule has 1 saturated carbocycles. The van der Waals surface area contributed by atoms with Crippen molar-refractivity contribution in [1.29, 1.82) is 0 Å². The number of ether oxygens (including phenoxy) is 1. The molecule has 5 nitrogen and oxygen atoms in total. The van der Waals surface area contributed by atoms with Crippen molar-refractivity contribution < 1.29 is 17.9 Å². The molecule has 0 heterocycles. The summed E-state index contributed by atoms with van der Waals surface area (Å²) in [6.45, 7) is 1.96. The van der Waals surface area contributed by atoms with Gasteiger partial charge in [-0.1, -0.05) is 30.9 Å². The second kappa shape index (κ2) is 6.34. The number of esters is 1. The summed E-state index contributed by atoms with van der Waals surface area (Å²) in [4.78, 5) is 11.7. The monoisotopic (exact) mass is 331 g/mol. The molecule has 0 saturated heterocycles. The van der Waals surface area contributed by atoms with Crippen LogP contribution in [0.3, 0.4) is 0 Å². The van der Waals surface area contributed by atoms with Crippen molar-refractivity contribution in [3.63, 3.8) is 0 Å². The lowest BCUT2D eigenvalue weighted by Crippen LogP contribution is -2.17. The van der Waals surface area contributed by atoms with Gasteiger partial charge in [-0.25, -0.2) is 18.4 Å². The maximum absolute atomic E-state index is 12.0. The number of rotatable bonds is 5. The third-order valence-electron chi connectivity index (χ3n) is 3.75.